The molecule has 0 radical (unpaired) electrons. The lowest BCUT2D eigenvalue weighted by atomic mass is 10.4. The molecule has 0 atom stereocenters. The molecule has 0 unspecified atom stereocenters. The second kappa shape index (κ2) is 3.06. The molecule has 2 rings (SSSR count). The Kier molecular flexibility index (Phi) is 1.90. The predicted molar refractivity (Wildman–Crippen MR) is 50.6 cm³/mol. The second-order valence-corrected chi connectivity index (χ2v) is 3.45. The number of hydrogen-bond acceptors (Lipinski definition) is 2. The zero-order valence-electron chi connectivity index (χ0n) is 6.68. The summed E-state index contributed by atoms with van der Waals surface area (Å²) in [7, 11) is 0. The highest BCUT2D eigenvalue weighted by Gasteiger charge is 2.11. The van der Waals surface area contributed by atoms with E-state index in [1.54, 1.807) is 16.0 Å². The van der Waals surface area contributed by atoms with Crippen LogP contribution in [0.3, 0.4) is 0 Å². The average molecular weight is 193 g/mol. The van der Waals surface area contributed by atoms with Crippen LogP contribution in [0.1, 0.15) is 9.67 Å². The molecule has 0 amide bonds. The number of aromatic nitrogens is 1. The maximum absolute atomic E-state index is 10.8. The third-order valence-corrected chi connectivity index (χ3v) is 2.61. The van der Waals surface area contributed by atoms with Crippen molar-refractivity contribution in [1.29, 1.82) is 0 Å². The molecule has 4 heteroatoms. The fourth-order valence-electron chi connectivity index (χ4n) is 1.16. The Bertz CT molecular complexity index is 417. The Morgan fingerprint density at radius 1 is 1.38 bits per heavy atom. The van der Waals surface area contributed by atoms with Crippen molar-refractivity contribution in [2.45, 2.75) is 0 Å². The molecule has 66 valence electrons. The molecule has 2 heterocycles. The fraction of sp³-hybridized carbons (Fsp3) is 0. The molecule has 2 aromatic heterocycles. The normalized spacial score (nSPS) is 10.2. The molecule has 0 bridgehead atoms. The van der Waals surface area contributed by atoms with E-state index in [9.17, 15) is 4.79 Å². The van der Waals surface area contributed by atoms with Crippen LogP contribution in [0.4, 0.5) is 0 Å². The van der Waals surface area contributed by atoms with Crippen LogP contribution in [0.25, 0.3) is 5.69 Å². The molecule has 0 aromatic carbocycles. The number of carboxylic acid groups (broad SMARTS) is 1. The Labute approximate surface area is 78.9 Å². The molecule has 0 spiro atoms. The van der Waals surface area contributed by atoms with E-state index in [1.807, 2.05) is 24.5 Å². The summed E-state index contributed by atoms with van der Waals surface area (Å²) < 4.78 is 1.79. The summed E-state index contributed by atoms with van der Waals surface area (Å²) in [6.07, 6.45) is 3.66. The van der Waals surface area contributed by atoms with Crippen LogP contribution in [0.15, 0.2) is 36.0 Å². The fourth-order valence-corrected chi connectivity index (χ4v) is 1.89. The van der Waals surface area contributed by atoms with Gasteiger partial charge in [-0.1, -0.05) is 0 Å². The summed E-state index contributed by atoms with van der Waals surface area (Å²) in [5, 5.41) is 10.6. The smallest absolute Gasteiger partial charge is 0.348 e. The van der Waals surface area contributed by atoms with Gasteiger partial charge < -0.3 is 9.67 Å². The zero-order valence-corrected chi connectivity index (χ0v) is 7.49. The maximum Gasteiger partial charge on any atom is 0.348 e. The standard InChI is InChI=1S/C9H7NO2S/c11-9(12)8-7(3-6-13-8)10-4-1-2-5-10/h1-6H,(H,11,12). The van der Waals surface area contributed by atoms with Gasteiger partial charge in [0.05, 0.1) is 5.69 Å². The number of rotatable bonds is 2. The van der Waals surface area contributed by atoms with Gasteiger partial charge in [0.25, 0.3) is 0 Å². The van der Waals surface area contributed by atoms with Crippen molar-refractivity contribution in [1.82, 2.24) is 4.57 Å². The van der Waals surface area contributed by atoms with E-state index >= 15 is 0 Å². The van der Waals surface area contributed by atoms with Crippen molar-refractivity contribution < 1.29 is 9.90 Å². The first-order valence-electron chi connectivity index (χ1n) is 3.73. The first-order chi connectivity index (χ1) is 6.29. The molecule has 0 aliphatic carbocycles. The molecule has 3 nitrogen and oxygen atoms in total. The topological polar surface area (TPSA) is 42.2 Å². The minimum atomic E-state index is -0.876. The quantitative estimate of drug-likeness (QED) is 0.794. The van der Waals surface area contributed by atoms with Crippen LogP contribution in [-0.2, 0) is 0 Å². The van der Waals surface area contributed by atoms with Crippen LogP contribution >= 0.6 is 11.3 Å². The van der Waals surface area contributed by atoms with Crippen molar-refractivity contribution in [2.24, 2.45) is 0 Å². The SMILES string of the molecule is O=C(O)c1sccc1-n1cccc1. The Balaban J connectivity index is 2.52. The number of thiophene rings is 1. The largest absolute Gasteiger partial charge is 0.477 e. The molecule has 0 saturated heterocycles. The minimum Gasteiger partial charge on any atom is -0.477 e. The number of carbonyl (C=O) groups is 1. The maximum atomic E-state index is 10.8. The highest BCUT2D eigenvalue weighted by atomic mass is 32.1. The molecular formula is C9H7NO2S. The molecule has 13 heavy (non-hydrogen) atoms. The van der Waals surface area contributed by atoms with Gasteiger partial charge in [-0.15, -0.1) is 11.3 Å². The summed E-state index contributed by atoms with van der Waals surface area (Å²) in [4.78, 5) is 11.1. The van der Waals surface area contributed by atoms with E-state index in [4.69, 9.17) is 5.11 Å². The molecule has 2 aromatic rings. The highest BCUT2D eigenvalue weighted by Crippen LogP contribution is 2.20. The van der Waals surface area contributed by atoms with E-state index in [0.717, 1.165) is 5.69 Å². The van der Waals surface area contributed by atoms with Crippen molar-refractivity contribution in [3.05, 3.63) is 40.8 Å². The lowest BCUT2D eigenvalue weighted by Gasteiger charge is -1.99. The van der Waals surface area contributed by atoms with Crippen LogP contribution < -0.4 is 0 Å². The second-order valence-electron chi connectivity index (χ2n) is 2.53. The van der Waals surface area contributed by atoms with Gasteiger partial charge in [-0.3, -0.25) is 0 Å². The Hall–Kier alpha value is -1.55. The summed E-state index contributed by atoms with van der Waals surface area (Å²) >= 11 is 1.24. The number of aromatic carboxylic acids is 1. The van der Waals surface area contributed by atoms with Gasteiger partial charge in [-0.25, -0.2) is 4.79 Å². The Morgan fingerprint density at radius 3 is 2.69 bits per heavy atom. The first kappa shape index (κ1) is 8.07. The predicted octanol–water partition coefficient (Wildman–Crippen LogP) is 2.24. The monoisotopic (exact) mass is 193 g/mol. The van der Waals surface area contributed by atoms with Gasteiger partial charge in [0, 0.05) is 12.4 Å². The Morgan fingerprint density at radius 2 is 2.08 bits per heavy atom. The third-order valence-electron chi connectivity index (χ3n) is 1.72. The van der Waals surface area contributed by atoms with Crippen molar-refractivity contribution in [3.63, 3.8) is 0 Å². The summed E-state index contributed by atoms with van der Waals surface area (Å²) in [6, 6.07) is 5.53. The van der Waals surface area contributed by atoms with E-state index < -0.39 is 5.97 Å². The first-order valence-corrected chi connectivity index (χ1v) is 4.61. The molecule has 0 aliphatic rings. The molecule has 0 aliphatic heterocycles. The molecule has 0 fully saturated rings. The summed E-state index contributed by atoms with van der Waals surface area (Å²) in [5.74, 6) is -0.876. The van der Waals surface area contributed by atoms with E-state index in [-0.39, 0.29) is 0 Å². The highest BCUT2D eigenvalue weighted by molar-refractivity contribution is 7.12. The van der Waals surface area contributed by atoms with Gasteiger partial charge in [-0.05, 0) is 23.6 Å². The number of nitrogens with zero attached hydrogens (tertiary/aromatic N) is 1. The summed E-state index contributed by atoms with van der Waals surface area (Å²) in [5.41, 5.74) is 0.725. The molecular weight excluding hydrogens is 186 g/mol. The van der Waals surface area contributed by atoms with E-state index in [1.165, 1.54) is 11.3 Å². The van der Waals surface area contributed by atoms with Gasteiger partial charge in [0.1, 0.15) is 4.88 Å². The van der Waals surface area contributed by atoms with Gasteiger partial charge in [0.2, 0.25) is 0 Å². The van der Waals surface area contributed by atoms with E-state index in [0.29, 0.717) is 4.88 Å². The third kappa shape index (κ3) is 1.36. The average Bonchev–Trinajstić information content (AvgIpc) is 2.74. The van der Waals surface area contributed by atoms with Gasteiger partial charge >= 0.3 is 5.97 Å². The number of carboxylic acids is 1. The lowest BCUT2D eigenvalue weighted by Crippen LogP contribution is -1.98. The van der Waals surface area contributed by atoms with Gasteiger partial charge in [-0.2, -0.15) is 0 Å². The lowest BCUT2D eigenvalue weighted by molar-refractivity contribution is 0.0702. The van der Waals surface area contributed by atoms with Crippen LogP contribution in [0.5, 0.6) is 0 Å². The van der Waals surface area contributed by atoms with Gasteiger partial charge in [0.15, 0.2) is 0 Å². The summed E-state index contributed by atoms with van der Waals surface area (Å²) in [6.45, 7) is 0. The molecule has 1 N–H and O–H groups in total. The van der Waals surface area contributed by atoms with Crippen molar-refractivity contribution in [2.75, 3.05) is 0 Å². The van der Waals surface area contributed by atoms with E-state index in [2.05, 4.69) is 0 Å². The number of hydrogen-bond donors (Lipinski definition) is 1. The van der Waals surface area contributed by atoms with Crippen molar-refractivity contribution >= 4 is 17.3 Å². The van der Waals surface area contributed by atoms with Crippen molar-refractivity contribution in [3.8, 4) is 5.69 Å². The molecule has 0 saturated carbocycles. The van der Waals surface area contributed by atoms with Crippen LogP contribution in [-0.4, -0.2) is 15.6 Å². The minimum absolute atomic E-state index is 0.371. The zero-order chi connectivity index (χ0) is 9.26. The van der Waals surface area contributed by atoms with Crippen LogP contribution in [0, 0.1) is 0 Å². The van der Waals surface area contributed by atoms with Crippen LogP contribution in [0.2, 0.25) is 0 Å².